The van der Waals surface area contributed by atoms with Gasteiger partial charge in [0, 0.05) is 10.5 Å². The normalized spacial score (nSPS) is 21.0. The number of benzene rings is 1. The molecular formula is C17H24BrNO2. The second-order valence-electron chi connectivity index (χ2n) is 7.75. The van der Waals surface area contributed by atoms with Gasteiger partial charge in [-0.15, -0.1) is 0 Å². The number of phenols is 1. The Balaban J connectivity index is 2.14. The smallest absolute Gasteiger partial charge is 0.255 e. The molecule has 0 heterocycles. The van der Waals surface area contributed by atoms with Crippen LogP contribution >= 0.6 is 15.9 Å². The maximum Gasteiger partial charge on any atom is 0.255 e. The third kappa shape index (κ3) is 4.22. The van der Waals surface area contributed by atoms with Crippen LogP contribution in [0.3, 0.4) is 0 Å². The first-order valence-corrected chi connectivity index (χ1v) is 8.17. The van der Waals surface area contributed by atoms with Crippen LogP contribution < -0.4 is 5.32 Å². The van der Waals surface area contributed by atoms with Gasteiger partial charge in [0.15, 0.2) is 0 Å². The second kappa shape index (κ2) is 5.64. The molecule has 116 valence electrons. The number of hydrogen-bond acceptors (Lipinski definition) is 2. The van der Waals surface area contributed by atoms with E-state index < -0.39 is 0 Å². The predicted octanol–water partition coefficient (Wildman–Crippen LogP) is 4.49. The van der Waals surface area contributed by atoms with Crippen molar-refractivity contribution >= 4 is 21.8 Å². The van der Waals surface area contributed by atoms with Gasteiger partial charge >= 0.3 is 0 Å². The first-order chi connectivity index (χ1) is 9.58. The number of phenolic OH excluding ortho intramolecular Hbond substituents is 1. The third-order valence-corrected chi connectivity index (χ3v) is 4.59. The maximum absolute atomic E-state index is 12.4. The number of hydrogen-bond donors (Lipinski definition) is 2. The molecular weight excluding hydrogens is 330 g/mol. The monoisotopic (exact) mass is 353 g/mol. The fraction of sp³-hybridized carbons (Fsp3) is 0.588. The predicted molar refractivity (Wildman–Crippen MR) is 88.5 cm³/mol. The van der Waals surface area contributed by atoms with Crippen molar-refractivity contribution < 1.29 is 9.90 Å². The molecule has 0 spiro atoms. The van der Waals surface area contributed by atoms with Gasteiger partial charge < -0.3 is 10.4 Å². The summed E-state index contributed by atoms with van der Waals surface area (Å²) in [7, 11) is 0. The van der Waals surface area contributed by atoms with Gasteiger partial charge in [0.25, 0.3) is 5.91 Å². The fourth-order valence-corrected chi connectivity index (χ4v) is 4.26. The molecule has 1 saturated carbocycles. The lowest BCUT2D eigenvalue weighted by Crippen LogP contribution is -2.46. The molecule has 1 aromatic rings. The highest BCUT2D eigenvalue weighted by atomic mass is 79.9. The molecule has 3 nitrogen and oxygen atoms in total. The van der Waals surface area contributed by atoms with Gasteiger partial charge in [-0.2, -0.15) is 0 Å². The van der Waals surface area contributed by atoms with Gasteiger partial charge in [0.2, 0.25) is 0 Å². The van der Waals surface area contributed by atoms with Crippen LogP contribution in [-0.2, 0) is 0 Å². The summed E-state index contributed by atoms with van der Waals surface area (Å²) in [6.45, 7) is 9.01. The van der Waals surface area contributed by atoms with Crippen molar-refractivity contribution in [3.05, 3.63) is 28.2 Å². The van der Waals surface area contributed by atoms with E-state index in [0.29, 0.717) is 5.56 Å². The molecule has 2 N–H and O–H groups in total. The lowest BCUT2D eigenvalue weighted by atomic mass is 9.63. The van der Waals surface area contributed by atoms with Crippen LogP contribution in [0.15, 0.2) is 22.7 Å². The SMILES string of the molecule is CC1(C)CC(NC(=O)c2cc(Br)ccc2O)CC(C)(C)C1. The molecule has 0 atom stereocenters. The number of carbonyl (C=O) groups is 1. The number of amides is 1. The van der Waals surface area contributed by atoms with Crippen LogP contribution in [0.1, 0.15) is 57.3 Å². The van der Waals surface area contributed by atoms with Crippen LogP contribution in [0.4, 0.5) is 0 Å². The van der Waals surface area contributed by atoms with Crippen molar-refractivity contribution in [1.82, 2.24) is 5.32 Å². The van der Waals surface area contributed by atoms with Crippen molar-refractivity contribution in [2.75, 3.05) is 0 Å². The van der Waals surface area contributed by atoms with Crippen LogP contribution in [0.25, 0.3) is 0 Å². The molecule has 2 rings (SSSR count). The Kier molecular flexibility index (Phi) is 4.39. The summed E-state index contributed by atoms with van der Waals surface area (Å²) < 4.78 is 0.787. The number of rotatable bonds is 2. The Morgan fingerprint density at radius 2 is 1.81 bits per heavy atom. The minimum atomic E-state index is -0.202. The maximum atomic E-state index is 12.4. The topological polar surface area (TPSA) is 49.3 Å². The quantitative estimate of drug-likeness (QED) is 0.822. The van der Waals surface area contributed by atoms with Crippen LogP contribution in [-0.4, -0.2) is 17.1 Å². The van der Waals surface area contributed by atoms with E-state index >= 15 is 0 Å². The first kappa shape index (κ1) is 16.3. The van der Waals surface area contributed by atoms with Crippen molar-refractivity contribution in [2.45, 2.75) is 53.0 Å². The Hall–Kier alpha value is -1.03. The molecule has 0 saturated heterocycles. The van der Waals surface area contributed by atoms with E-state index in [2.05, 4.69) is 48.9 Å². The van der Waals surface area contributed by atoms with Gasteiger partial charge in [-0.3, -0.25) is 4.79 Å². The highest BCUT2D eigenvalue weighted by Crippen LogP contribution is 2.45. The molecule has 0 aliphatic heterocycles. The molecule has 4 heteroatoms. The van der Waals surface area contributed by atoms with Crippen molar-refractivity contribution in [3.63, 3.8) is 0 Å². The minimum Gasteiger partial charge on any atom is -0.507 e. The Morgan fingerprint density at radius 1 is 1.24 bits per heavy atom. The van der Waals surface area contributed by atoms with E-state index in [1.807, 2.05) is 0 Å². The largest absolute Gasteiger partial charge is 0.507 e. The van der Waals surface area contributed by atoms with Crippen molar-refractivity contribution in [2.24, 2.45) is 10.8 Å². The number of carbonyl (C=O) groups excluding carboxylic acids is 1. The molecule has 1 aliphatic carbocycles. The van der Waals surface area contributed by atoms with Crippen molar-refractivity contribution in [3.8, 4) is 5.75 Å². The Labute approximate surface area is 135 Å². The number of halogens is 1. The summed E-state index contributed by atoms with van der Waals surface area (Å²) in [6, 6.07) is 5.06. The third-order valence-electron chi connectivity index (χ3n) is 4.09. The Morgan fingerprint density at radius 3 is 2.38 bits per heavy atom. The summed E-state index contributed by atoms with van der Waals surface area (Å²) in [5.74, 6) is -0.183. The van der Waals surface area contributed by atoms with E-state index in [0.717, 1.165) is 23.7 Å². The standard InChI is InChI=1S/C17H24BrNO2/c1-16(2)8-12(9-17(3,4)10-16)19-15(21)13-7-11(18)5-6-14(13)20/h5-7,12,20H,8-10H2,1-4H3,(H,19,21). The summed E-state index contributed by atoms with van der Waals surface area (Å²) in [5.41, 5.74) is 0.767. The zero-order valence-corrected chi connectivity index (χ0v) is 14.8. The van der Waals surface area contributed by atoms with Gasteiger partial charge in [0.05, 0.1) is 5.56 Å². The van der Waals surface area contributed by atoms with Crippen LogP contribution in [0, 0.1) is 10.8 Å². The summed E-state index contributed by atoms with van der Waals surface area (Å²) in [4.78, 5) is 12.4. The average Bonchev–Trinajstić information content (AvgIpc) is 2.27. The van der Waals surface area contributed by atoms with Crippen LogP contribution in [0.5, 0.6) is 5.75 Å². The van der Waals surface area contributed by atoms with Crippen LogP contribution in [0.2, 0.25) is 0 Å². The minimum absolute atomic E-state index is 0.0185. The Bertz CT molecular complexity index is 536. The summed E-state index contributed by atoms with van der Waals surface area (Å²) >= 11 is 3.33. The molecule has 0 unspecified atom stereocenters. The average molecular weight is 354 g/mol. The van der Waals surface area contributed by atoms with Gasteiger partial charge in [-0.05, 0) is 48.3 Å². The van der Waals surface area contributed by atoms with E-state index in [1.165, 1.54) is 6.07 Å². The summed E-state index contributed by atoms with van der Waals surface area (Å²) in [5, 5.41) is 13.0. The molecule has 21 heavy (non-hydrogen) atoms. The lowest BCUT2D eigenvalue weighted by molar-refractivity contribution is 0.0712. The van der Waals surface area contributed by atoms with E-state index in [-0.39, 0.29) is 28.5 Å². The molecule has 0 radical (unpaired) electrons. The summed E-state index contributed by atoms with van der Waals surface area (Å²) in [6.07, 6.45) is 3.10. The molecule has 1 aliphatic rings. The number of aromatic hydroxyl groups is 1. The van der Waals surface area contributed by atoms with Crippen molar-refractivity contribution in [1.29, 1.82) is 0 Å². The number of nitrogens with one attached hydrogen (secondary N) is 1. The molecule has 0 aromatic heterocycles. The second-order valence-corrected chi connectivity index (χ2v) is 8.66. The van der Waals surface area contributed by atoms with Gasteiger partial charge in [0.1, 0.15) is 5.75 Å². The molecule has 1 aromatic carbocycles. The zero-order chi connectivity index (χ0) is 15.8. The highest BCUT2D eigenvalue weighted by Gasteiger charge is 2.39. The van der Waals surface area contributed by atoms with E-state index in [1.54, 1.807) is 12.1 Å². The fourth-order valence-electron chi connectivity index (χ4n) is 3.90. The van der Waals surface area contributed by atoms with Gasteiger partial charge in [-0.25, -0.2) is 0 Å². The van der Waals surface area contributed by atoms with E-state index in [9.17, 15) is 9.90 Å². The highest BCUT2D eigenvalue weighted by molar-refractivity contribution is 9.10. The zero-order valence-electron chi connectivity index (χ0n) is 13.2. The first-order valence-electron chi connectivity index (χ1n) is 7.37. The molecule has 1 amide bonds. The van der Waals surface area contributed by atoms with Gasteiger partial charge in [-0.1, -0.05) is 43.6 Å². The molecule has 0 bridgehead atoms. The van der Waals surface area contributed by atoms with E-state index in [4.69, 9.17) is 0 Å². The lowest BCUT2D eigenvalue weighted by Gasteiger charge is -2.45. The molecule has 1 fully saturated rings.